The molecule has 1 unspecified atom stereocenters. The molecule has 2 rings (SSSR count). The maximum Gasteiger partial charge on any atom is 0.241 e. The van der Waals surface area contributed by atoms with E-state index in [1.54, 1.807) is 0 Å². The highest BCUT2D eigenvalue weighted by atomic mass is 16.2. The second-order valence-electron chi connectivity index (χ2n) is 5.08. The van der Waals surface area contributed by atoms with Crippen LogP contribution in [0.1, 0.15) is 39.0 Å². The third-order valence-corrected chi connectivity index (χ3v) is 3.53. The van der Waals surface area contributed by atoms with Crippen LogP contribution in [0.5, 0.6) is 0 Å². The summed E-state index contributed by atoms with van der Waals surface area (Å²) < 4.78 is 0. The van der Waals surface area contributed by atoms with Crippen molar-refractivity contribution >= 4 is 11.6 Å². The monoisotopic (exact) mass is 246 g/mol. The Bertz CT molecular complexity index is 371. The Hall–Kier alpha value is -1.35. The summed E-state index contributed by atoms with van der Waals surface area (Å²) >= 11 is 0. The zero-order valence-electron chi connectivity index (χ0n) is 11.0. The van der Waals surface area contributed by atoms with Crippen LogP contribution < -0.4 is 10.6 Å². The van der Waals surface area contributed by atoms with Crippen LogP contribution in [0.3, 0.4) is 0 Å². The van der Waals surface area contributed by atoms with Gasteiger partial charge in [-0.15, -0.1) is 0 Å². The molecule has 1 atom stereocenters. The molecule has 1 fully saturated rings. The number of carbonyl (C=O) groups excluding carboxylic acids is 1. The van der Waals surface area contributed by atoms with Crippen molar-refractivity contribution < 1.29 is 4.79 Å². The van der Waals surface area contributed by atoms with E-state index < -0.39 is 0 Å². The van der Waals surface area contributed by atoms with Crippen molar-refractivity contribution in [3.8, 4) is 0 Å². The molecule has 3 heteroatoms. The van der Waals surface area contributed by atoms with Crippen molar-refractivity contribution in [3.05, 3.63) is 30.3 Å². The van der Waals surface area contributed by atoms with Gasteiger partial charge in [-0.1, -0.05) is 37.5 Å². The fraction of sp³-hybridized carbons (Fsp3) is 0.533. The number of para-hydroxylation sites is 1. The second-order valence-corrected chi connectivity index (χ2v) is 5.08. The van der Waals surface area contributed by atoms with E-state index in [-0.39, 0.29) is 11.9 Å². The normalized spacial score (nSPS) is 18.3. The summed E-state index contributed by atoms with van der Waals surface area (Å²) in [5.41, 5.74) is 0.861. The van der Waals surface area contributed by atoms with E-state index in [1.807, 2.05) is 37.3 Å². The average molecular weight is 246 g/mol. The highest BCUT2D eigenvalue weighted by Gasteiger charge is 2.19. The maximum absolute atomic E-state index is 12.0. The number of amides is 1. The first kappa shape index (κ1) is 13.1. The van der Waals surface area contributed by atoms with Gasteiger partial charge in [0, 0.05) is 11.7 Å². The highest BCUT2D eigenvalue weighted by Crippen LogP contribution is 2.18. The van der Waals surface area contributed by atoms with Gasteiger partial charge in [0.25, 0.3) is 0 Å². The largest absolute Gasteiger partial charge is 0.325 e. The average Bonchev–Trinajstić information content (AvgIpc) is 2.41. The lowest BCUT2D eigenvalue weighted by Gasteiger charge is -2.26. The first-order valence-corrected chi connectivity index (χ1v) is 6.87. The second kappa shape index (κ2) is 6.55. The number of nitrogens with one attached hydrogen (secondary N) is 2. The van der Waals surface area contributed by atoms with Gasteiger partial charge in [0.15, 0.2) is 0 Å². The summed E-state index contributed by atoms with van der Waals surface area (Å²) in [7, 11) is 0. The van der Waals surface area contributed by atoms with E-state index in [9.17, 15) is 4.79 Å². The summed E-state index contributed by atoms with van der Waals surface area (Å²) in [5.74, 6) is 0.0479. The molecule has 1 saturated carbocycles. The topological polar surface area (TPSA) is 41.1 Å². The van der Waals surface area contributed by atoms with Crippen LogP contribution in [0.15, 0.2) is 30.3 Å². The SMILES string of the molecule is CC(NC1CCCCC1)C(=O)Nc1ccccc1. The molecule has 0 heterocycles. The molecule has 1 amide bonds. The third-order valence-electron chi connectivity index (χ3n) is 3.53. The molecule has 0 spiro atoms. The lowest BCUT2D eigenvalue weighted by Crippen LogP contribution is -2.44. The van der Waals surface area contributed by atoms with Gasteiger partial charge in [-0.2, -0.15) is 0 Å². The summed E-state index contributed by atoms with van der Waals surface area (Å²) in [6, 6.07) is 9.99. The number of carbonyl (C=O) groups is 1. The van der Waals surface area contributed by atoms with Crippen molar-refractivity contribution in [1.82, 2.24) is 5.32 Å². The molecule has 2 N–H and O–H groups in total. The molecule has 0 aliphatic heterocycles. The Morgan fingerprint density at radius 3 is 2.50 bits per heavy atom. The van der Waals surface area contributed by atoms with Crippen LogP contribution in [-0.4, -0.2) is 18.0 Å². The summed E-state index contributed by atoms with van der Waals surface area (Å²) in [4.78, 5) is 12.0. The molecule has 1 aromatic carbocycles. The third kappa shape index (κ3) is 3.84. The summed E-state index contributed by atoms with van der Waals surface area (Å²) in [5, 5.41) is 6.36. The minimum absolute atomic E-state index is 0.0479. The maximum atomic E-state index is 12.0. The van der Waals surface area contributed by atoms with Crippen molar-refractivity contribution in [3.63, 3.8) is 0 Å². The Balaban J connectivity index is 1.81. The zero-order chi connectivity index (χ0) is 12.8. The van der Waals surface area contributed by atoms with Crippen molar-refractivity contribution in [1.29, 1.82) is 0 Å². The summed E-state index contributed by atoms with van der Waals surface area (Å²) in [6.45, 7) is 1.94. The van der Waals surface area contributed by atoms with Crippen LogP contribution in [-0.2, 0) is 4.79 Å². The first-order valence-electron chi connectivity index (χ1n) is 6.87. The minimum atomic E-state index is -0.131. The molecule has 1 aliphatic rings. The Morgan fingerprint density at radius 2 is 1.83 bits per heavy atom. The number of benzene rings is 1. The van der Waals surface area contributed by atoms with Gasteiger partial charge in [0.05, 0.1) is 6.04 Å². The first-order chi connectivity index (χ1) is 8.75. The fourth-order valence-corrected chi connectivity index (χ4v) is 2.47. The van der Waals surface area contributed by atoms with Gasteiger partial charge in [0.2, 0.25) is 5.91 Å². The number of hydrogen-bond acceptors (Lipinski definition) is 2. The van der Waals surface area contributed by atoms with Gasteiger partial charge in [0.1, 0.15) is 0 Å². The van der Waals surface area contributed by atoms with Crippen LogP contribution >= 0.6 is 0 Å². The number of rotatable bonds is 4. The minimum Gasteiger partial charge on any atom is -0.325 e. The zero-order valence-corrected chi connectivity index (χ0v) is 11.0. The molecule has 1 aliphatic carbocycles. The molecule has 0 bridgehead atoms. The van der Waals surface area contributed by atoms with Gasteiger partial charge >= 0.3 is 0 Å². The Labute approximate surface area is 109 Å². The molecule has 1 aromatic rings. The van der Waals surface area contributed by atoms with E-state index in [0.29, 0.717) is 6.04 Å². The fourth-order valence-electron chi connectivity index (χ4n) is 2.47. The molecule has 98 valence electrons. The van der Waals surface area contributed by atoms with Gasteiger partial charge < -0.3 is 10.6 Å². The van der Waals surface area contributed by atoms with Crippen LogP contribution in [0.4, 0.5) is 5.69 Å². The van der Waals surface area contributed by atoms with Crippen LogP contribution in [0.25, 0.3) is 0 Å². The smallest absolute Gasteiger partial charge is 0.241 e. The molecule has 0 radical (unpaired) electrons. The molecular formula is C15H22N2O. The van der Waals surface area contributed by atoms with Crippen molar-refractivity contribution in [2.24, 2.45) is 0 Å². The van der Waals surface area contributed by atoms with Crippen molar-refractivity contribution in [2.45, 2.75) is 51.1 Å². The van der Waals surface area contributed by atoms with E-state index in [4.69, 9.17) is 0 Å². The predicted molar refractivity (Wildman–Crippen MR) is 74.5 cm³/mol. The Morgan fingerprint density at radius 1 is 1.17 bits per heavy atom. The van der Waals surface area contributed by atoms with E-state index in [2.05, 4.69) is 10.6 Å². The predicted octanol–water partition coefficient (Wildman–Crippen LogP) is 2.94. The van der Waals surface area contributed by atoms with E-state index in [1.165, 1.54) is 32.1 Å². The van der Waals surface area contributed by atoms with Crippen molar-refractivity contribution in [2.75, 3.05) is 5.32 Å². The van der Waals surface area contributed by atoms with Crippen LogP contribution in [0, 0.1) is 0 Å². The Kier molecular flexibility index (Phi) is 4.76. The van der Waals surface area contributed by atoms with Gasteiger partial charge in [-0.25, -0.2) is 0 Å². The van der Waals surface area contributed by atoms with Crippen LogP contribution in [0.2, 0.25) is 0 Å². The van der Waals surface area contributed by atoms with E-state index >= 15 is 0 Å². The molecule has 0 saturated heterocycles. The molecule has 18 heavy (non-hydrogen) atoms. The molecule has 0 aromatic heterocycles. The molecule has 3 nitrogen and oxygen atoms in total. The lowest BCUT2D eigenvalue weighted by molar-refractivity contribution is -0.118. The lowest BCUT2D eigenvalue weighted by atomic mass is 9.95. The van der Waals surface area contributed by atoms with Gasteiger partial charge in [-0.3, -0.25) is 4.79 Å². The number of hydrogen-bond donors (Lipinski definition) is 2. The summed E-state index contributed by atoms with van der Waals surface area (Å²) in [6.07, 6.45) is 6.30. The number of anilines is 1. The standard InChI is InChI=1S/C15H22N2O/c1-12(16-13-8-4-2-5-9-13)15(18)17-14-10-6-3-7-11-14/h3,6-7,10-13,16H,2,4-5,8-9H2,1H3,(H,17,18). The highest BCUT2D eigenvalue weighted by molar-refractivity contribution is 5.94. The quantitative estimate of drug-likeness (QED) is 0.857. The van der Waals surface area contributed by atoms with E-state index in [0.717, 1.165) is 5.69 Å². The molecular weight excluding hydrogens is 224 g/mol. The van der Waals surface area contributed by atoms with Gasteiger partial charge in [-0.05, 0) is 31.9 Å².